The number of aromatic amines is 1. The summed E-state index contributed by atoms with van der Waals surface area (Å²) < 4.78 is 0. The highest BCUT2D eigenvalue weighted by atomic mass is 35.5. The van der Waals surface area contributed by atoms with E-state index in [1.165, 1.54) is 0 Å². The average Bonchev–Trinajstić information content (AvgIpc) is 3.08. The van der Waals surface area contributed by atoms with Gasteiger partial charge in [0.05, 0.1) is 6.20 Å². The van der Waals surface area contributed by atoms with E-state index in [0.717, 1.165) is 22.4 Å². The van der Waals surface area contributed by atoms with E-state index < -0.39 is 0 Å². The molecule has 3 rings (SSSR count). The van der Waals surface area contributed by atoms with Gasteiger partial charge in [-0.3, -0.25) is 5.10 Å². The van der Waals surface area contributed by atoms with Crippen LogP contribution >= 0.6 is 11.6 Å². The van der Waals surface area contributed by atoms with E-state index in [-0.39, 0.29) is 6.03 Å². The van der Waals surface area contributed by atoms with Gasteiger partial charge < -0.3 is 10.6 Å². The molecule has 0 aliphatic carbocycles. The van der Waals surface area contributed by atoms with Crippen LogP contribution in [0.4, 0.5) is 10.5 Å². The molecule has 0 bridgehead atoms. The number of nitrogens with zero attached hydrogens (tertiary/aromatic N) is 1. The number of halogens is 1. The van der Waals surface area contributed by atoms with Crippen LogP contribution in [0.2, 0.25) is 5.02 Å². The topological polar surface area (TPSA) is 69.8 Å². The normalized spacial score (nSPS) is 10.3. The van der Waals surface area contributed by atoms with Crippen molar-refractivity contribution in [3.05, 3.63) is 71.5 Å². The molecule has 0 atom stereocenters. The van der Waals surface area contributed by atoms with Crippen molar-refractivity contribution in [2.24, 2.45) is 0 Å². The number of anilines is 1. The first kappa shape index (κ1) is 15.1. The van der Waals surface area contributed by atoms with Gasteiger partial charge in [0.2, 0.25) is 0 Å². The van der Waals surface area contributed by atoms with Gasteiger partial charge in [-0.15, -0.1) is 0 Å². The molecule has 1 aromatic heterocycles. The van der Waals surface area contributed by atoms with Gasteiger partial charge in [-0.05, 0) is 35.4 Å². The summed E-state index contributed by atoms with van der Waals surface area (Å²) in [6.45, 7) is 0.416. The smallest absolute Gasteiger partial charge is 0.319 e. The van der Waals surface area contributed by atoms with E-state index >= 15 is 0 Å². The monoisotopic (exact) mass is 326 g/mol. The zero-order valence-electron chi connectivity index (χ0n) is 12.2. The molecule has 2 aromatic carbocycles. The van der Waals surface area contributed by atoms with Gasteiger partial charge in [-0.1, -0.05) is 35.9 Å². The Hall–Kier alpha value is -2.79. The molecule has 23 heavy (non-hydrogen) atoms. The van der Waals surface area contributed by atoms with E-state index in [4.69, 9.17) is 11.6 Å². The van der Waals surface area contributed by atoms with Gasteiger partial charge in [0.15, 0.2) is 0 Å². The standard InChI is InChI=1S/C17H15ClN4O/c18-15-3-1-2-12(8-15)9-19-17(23)22-16-6-4-13(5-7-16)14-10-20-21-11-14/h1-8,10-11H,9H2,(H,20,21)(H2,19,22,23). The Morgan fingerprint density at radius 1 is 1.13 bits per heavy atom. The number of carbonyl (C=O) groups is 1. The van der Waals surface area contributed by atoms with Crippen molar-refractivity contribution in [3.8, 4) is 11.1 Å². The van der Waals surface area contributed by atoms with Crippen molar-refractivity contribution < 1.29 is 4.79 Å². The summed E-state index contributed by atoms with van der Waals surface area (Å²) in [6, 6.07) is 14.7. The fourth-order valence-electron chi connectivity index (χ4n) is 2.16. The van der Waals surface area contributed by atoms with E-state index in [1.54, 1.807) is 12.3 Å². The van der Waals surface area contributed by atoms with Crippen LogP contribution in [0.1, 0.15) is 5.56 Å². The lowest BCUT2D eigenvalue weighted by Crippen LogP contribution is -2.28. The molecule has 0 aliphatic heterocycles. The number of urea groups is 1. The number of H-pyrrole nitrogens is 1. The molecule has 0 saturated carbocycles. The van der Waals surface area contributed by atoms with Crippen LogP contribution in [-0.4, -0.2) is 16.2 Å². The molecule has 0 spiro atoms. The number of rotatable bonds is 4. The Morgan fingerprint density at radius 2 is 1.96 bits per heavy atom. The highest BCUT2D eigenvalue weighted by molar-refractivity contribution is 6.30. The number of hydrogen-bond donors (Lipinski definition) is 3. The van der Waals surface area contributed by atoms with E-state index in [9.17, 15) is 4.79 Å². The maximum atomic E-state index is 11.9. The third-order valence-electron chi connectivity index (χ3n) is 3.32. The molecule has 0 aliphatic rings. The second kappa shape index (κ2) is 6.98. The lowest BCUT2D eigenvalue weighted by molar-refractivity contribution is 0.251. The molecular weight excluding hydrogens is 312 g/mol. The Balaban J connectivity index is 1.55. The number of hydrogen-bond acceptors (Lipinski definition) is 2. The summed E-state index contributed by atoms with van der Waals surface area (Å²) in [5, 5.41) is 12.9. The van der Waals surface area contributed by atoms with Crippen molar-refractivity contribution in [3.63, 3.8) is 0 Å². The molecule has 0 radical (unpaired) electrons. The largest absolute Gasteiger partial charge is 0.334 e. The van der Waals surface area contributed by atoms with Crippen molar-refractivity contribution >= 4 is 23.3 Å². The van der Waals surface area contributed by atoms with E-state index in [0.29, 0.717) is 11.6 Å². The number of benzene rings is 2. The Labute approximate surface area is 138 Å². The third-order valence-corrected chi connectivity index (χ3v) is 3.55. The van der Waals surface area contributed by atoms with Crippen LogP contribution in [-0.2, 0) is 6.54 Å². The van der Waals surface area contributed by atoms with Crippen LogP contribution < -0.4 is 10.6 Å². The Morgan fingerprint density at radius 3 is 2.65 bits per heavy atom. The number of amides is 2. The Kier molecular flexibility index (Phi) is 4.59. The highest BCUT2D eigenvalue weighted by Gasteiger charge is 2.03. The molecule has 3 aromatic rings. The van der Waals surface area contributed by atoms with Gasteiger partial charge in [0, 0.05) is 29.0 Å². The minimum absolute atomic E-state index is 0.263. The minimum Gasteiger partial charge on any atom is -0.334 e. The molecule has 1 heterocycles. The van der Waals surface area contributed by atoms with Crippen LogP contribution in [0, 0.1) is 0 Å². The van der Waals surface area contributed by atoms with Crippen LogP contribution in [0.15, 0.2) is 60.9 Å². The SMILES string of the molecule is O=C(NCc1cccc(Cl)c1)Nc1ccc(-c2cn[nH]c2)cc1. The molecule has 0 saturated heterocycles. The molecule has 0 unspecified atom stereocenters. The van der Waals surface area contributed by atoms with Crippen LogP contribution in [0.25, 0.3) is 11.1 Å². The lowest BCUT2D eigenvalue weighted by atomic mass is 10.1. The molecule has 5 nitrogen and oxygen atoms in total. The molecular formula is C17H15ClN4O. The third kappa shape index (κ3) is 4.11. The van der Waals surface area contributed by atoms with Gasteiger partial charge in [-0.2, -0.15) is 5.10 Å². The maximum Gasteiger partial charge on any atom is 0.319 e. The van der Waals surface area contributed by atoms with Crippen molar-refractivity contribution in [2.45, 2.75) is 6.54 Å². The fourth-order valence-corrected chi connectivity index (χ4v) is 2.37. The van der Waals surface area contributed by atoms with Crippen LogP contribution in [0.3, 0.4) is 0 Å². The van der Waals surface area contributed by atoms with Gasteiger partial charge in [0.1, 0.15) is 0 Å². The molecule has 3 N–H and O–H groups in total. The Bertz CT molecular complexity index is 785. The fraction of sp³-hybridized carbons (Fsp3) is 0.0588. The number of carbonyl (C=O) groups excluding carboxylic acids is 1. The van der Waals surface area contributed by atoms with Gasteiger partial charge in [0.25, 0.3) is 0 Å². The summed E-state index contributed by atoms with van der Waals surface area (Å²) in [6.07, 6.45) is 3.57. The van der Waals surface area contributed by atoms with Gasteiger partial charge in [-0.25, -0.2) is 4.79 Å². The first-order chi connectivity index (χ1) is 11.2. The van der Waals surface area contributed by atoms with Crippen LogP contribution in [0.5, 0.6) is 0 Å². The average molecular weight is 327 g/mol. The first-order valence-electron chi connectivity index (χ1n) is 7.09. The first-order valence-corrected chi connectivity index (χ1v) is 7.47. The zero-order chi connectivity index (χ0) is 16.1. The second-order valence-electron chi connectivity index (χ2n) is 5.00. The molecule has 116 valence electrons. The molecule has 2 amide bonds. The predicted octanol–water partition coefficient (Wildman–Crippen LogP) is 4.05. The van der Waals surface area contributed by atoms with Crippen molar-refractivity contribution in [1.29, 1.82) is 0 Å². The van der Waals surface area contributed by atoms with E-state index in [2.05, 4.69) is 20.8 Å². The molecule has 0 fully saturated rings. The van der Waals surface area contributed by atoms with Gasteiger partial charge >= 0.3 is 6.03 Å². The number of aromatic nitrogens is 2. The summed E-state index contributed by atoms with van der Waals surface area (Å²) in [5.41, 5.74) is 3.70. The zero-order valence-corrected chi connectivity index (χ0v) is 13.0. The van der Waals surface area contributed by atoms with Crippen molar-refractivity contribution in [2.75, 3.05) is 5.32 Å². The maximum absolute atomic E-state index is 11.9. The summed E-state index contributed by atoms with van der Waals surface area (Å²) in [5.74, 6) is 0. The summed E-state index contributed by atoms with van der Waals surface area (Å²) in [4.78, 5) is 11.9. The number of nitrogens with one attached hydrogen (secondary N) is 3. The quantitative estimate of drug-likeness (QED) is 0.677. The highest BCUT2D eigenvalue weighted by Crippen LogP contribution is 2.19. The molecule has 6 heteroatoms. The van der Waals surface area contributed by atoms with Crippen molar-refractivity contribution in [1.82, 2.24) is 15.5 Å². The minimum atomic E-state index is -0.263. The van der Waals surface area contributed by atoms with E-state index in [1.807, 2.05) is 48.7 Å². The summed E-state index contributed by atoms with van der Waals surface area (Å²) in [7, 11) is 0. The summed E-state index contributed by atoms with van der Waals surface area (Å²) >= 11 is 5.91. The second-order valence-corrected chi connectivity index (χ2v) is 5.44. The lowest BCUT2D eigenvalue weighted by Gasteiger charge is -2.08. The predicted molar refractivity (Wildman–Crippen MR) is 91.3 cm³/mol.